The standard InChI is InChI=1S/C11H18N2O6/c1-3-4-12(5-6-19-2)11(18)13(7-9(14)15)8-10(16)17/h3H,1,4-8H2,2H3,(H,14,15)(H,16,17). The Hall–Kier alpha value is -2.09. The molecule has 0 aliphatic heterocycles. The molecular weight excluding hydrogens is 256 g/mol. The van der Waals surface area contributed by atoms with Crippen molar-refractivity contribution >= 4 is 18.0 Å². The van der Waals surface area contributed by atoms with Gasteiger partial charge >= 0.3 is 18.0 Å². The molecule has 8 nitrogen and oxygen atoms in total. The molecule has 8 heteroatoms. The van der Waals surface area contributed by atoms with Crippen LogP contribution in [0.3, 0.4) is 0 Å². The Morgan fingerprint density at radius 3 is 2.05 bits per heavy atom. The Morgan fingerprint density at radius 1 is 1.16 bits per heavy atom. The van der Waals surface area contributed by atoms with Gasteiger partial charge in [0.25, 0.3) is 0 Å². The highest BCUT2D eigenvalue weighted by molar-refractivity contribution is 5.84. The maximum Gasteiger partial charge on any atom is 0.323 e. The number of amides is 2. The summed E-state index contributed by atoms with van der Waals surface area (Å²) in [6.45, 7) is 2.79. The number of carbonyl (C=O) groups is 3. The summed E-state index contributed by atoms with van der Waals surface area (Å²) in [6, 6.07) is -0.679. The third kappa shape index (κ3) is 7.04. The van der Waals surface area contributed by atoms with E-state index in [4.69, 9.17) is 14.9 Å². The lowest BCUT2D eigenvalue weighted by Crippen LogP contribution is -2.48. The first kappa shape index (κ1) is 16.9. The van der Waals surface area contributed by atoms with Crippen LogP contribution in [0.2, 0.25) is 0 Å². The normalized spacial score (nSPS) is 9.74. The molecular formula is C11H18N2O6. The van der Waals surface area contributed by atoms with Gasteiger partial charge in [0.15, 0.2) is 0 Å². The van der Waals surface area contributed by atoms with Crippen LogP contribution in [0, 0.1) is 0 Å². The van der Waals surface area contributed by atoms with Crippen LogP contribution in [0.1, 0.15) is 0 Å². The van der Waals surface area contributed by atoms with Gasteiger partial charge in [0.05, 0.1) is 6.61 Å². The first-order valence-electron chi connectivity index (χ1n) is 5.49. The number of hydrogen-bond donors (Lipinski definition) is 2. The molecule has 0 spiro atoms. The number of rotatable bonds is 9. The van der Waals surface area contributed by atoms with Crippen LogP contribution in [0.4, 0.5) is 4.79 Å². The summed E-state index contributed by atoms with van der Waals surface area (Å²) in [6.07, 6.45) is 1.47. The molecule has 19 heavy (non-hydrogen) atoms. The van der Waals surface area contributed by atoms with E-state index in [0.717, 1.165) is 4.90 Å². The molecule has 0 saturated carbocycles. The molecule has 0 aromatic rings. The Morgan fingerprint density at radius 2 is 1.68 bits per heavy atom. The van der Waals surface area contributed by atoms with E-state index in [1.165, 1.54) is 18.1 Å². The maximum atomic E-state index is 12.0. The lowest BCUT2D eigenvalue weighted by molar-refractivity contribution is -0.140. The van der Waals surface area contributed by atoms with E-state index in [-0.39, 0.29) is 19.7 Å². The lowest BCUT2D eigenvalue weighted by Gasteiger charge is -2.27. The van der Waals surface area contributed by atoms with Crippen molar-refractivity contribution in [1.29, 1.82) is 0 Å². The molecule has 0 aromatic heterocycles. The van der Waals surface area contributed by atoms with Crippen molar-refractivity contribution in [3.63, 3.8) is 0 Å². The minimum Gasteiger partial charge on any atom is -0.480 e. The van der Waals surface area contributed by atoms with Crippen LogP contribution in [0.5, 0.6) is 0 Å². The van der Waals surface area contributed by atoms with Gasteiger partial charge in [-0.1, -0.05) is 6.08 Å². The number of hydrogen-bond acceptors (Lipinski definition) is 4. The summed E-state index contributed by atoms with van der Waals surface area (Å²) < 4.78 is 4.83. The quantitative estimate of drug-likeness (QED) is 0.559. The highest BCUT2D eigenvalue weighted by atomic mass is 16.5. The number of carbonyl (C=O) groups excluding carboxylic acids is 1. The minimum absolute atomic E-state index is 0.179. The van der Waals surface area contributed by atoms with Crippen LogP contribution in [0.25, 0.3) is 0 Å². The summed E-state index contributed by atoms with van der Waals surface area (Å²) in [5, 5.41) is 17.4. The second-order valence-electron chi connectivity index (χ2n) is 3.65. The van der Waals surface area contributed by atoms with Crippen molar-refractivity contribution in [3.8, 4) is 0 Å². The van der Waals surface area contributed by atoms with Crippen molar-refractivity contribution < 1.29 is 29.3 Å². The fourth-order valence-corrected chi connectivity index (χ4v) is 1.34. The first-order valence-corrected chi connectivity index (χ1v) is 5.49. The molecule has 0 saturated heterocycles. The number of carboxylic acid groups (broad SMARTS) is 2. The topological polar surface area (TPSA) is 107 Å². The molecule has 0 heterocycles. The van der Waals surface area contributed by atoms with Crippen molar-refractivity contribution in [2.24, 2.45) is 0 Å². The second kappa shape index (κ2) is 8.92. The predicted octanol–water partition coefficient (Wildman–Crippen LogP) is -0.288. The molecule has 2 N–H and O–H groups in total. The smallest absolute Gasteiger partial charge is 0.323 e. The van der Waals surface area contributed by atoms with Gasteiger partial charge in [0.1, 0.15) is 13.1 Å². The molecule has 0 aromatic carbocycles. The predicted molar refractivity (Wildman–Crippen MR) is 65.9 cm³/mol. The molecule has 0 fully saturated rings. The molecule has 0 atom stereocenters. The minimum atomic E-state index is -1.28. The van der Waals surface area contributed by atoms with Gasteiger partial charge in [-0.2, -0.15) is 0 Å². The van der Waals surface area contributed by atoms with Gasteiger partial charge < -0.3 is 24.7 Å². The van der Waals surface area contributed by atoms with Crippen LogP contribution >= 0.6 is 0 Å². The molecule has 108 valence electrons. The summed E-state index contributed by atoms with van der Waals surface area (Å²) >= 11 is 0. The number of methoxy groups -OCH3 is 1. The van der Waals surface area contributed by atoms with Gasteiger partial charge in [0.2, 0.25) is 0 Å². The van der Waals surface area contributed by atoms with Crippen molar-refractivity contribution in [1.82, 2.24) is 9.80 Å². The molecule has 2 amide bonds. The summed E-state index contributed by atoms with van der Waals surface area (Å²) in [5.41, 5.74) is 0. The fraction of sp³-hybridized carbons (Fsp3) is 0.545. The van der Waals surface area contributed by atoms with Crippen LogP contribution in [-0.4, -0.2) is 77.9 Å². The van der Waals surface area contributed by atoms with Crippen LogP contribution < -0.4 is 0 Å². The Bertz CT molecular complexity index is 328. The highest BCUT2D eigenvalue weighted by Gasteiger charge is 2.24. The summed E-state index contributed by atoms with van der Waals surface area (Å²) in [4.78, 5) is 35.3. The van der Waals surface area contributed by atoms with E-state index in [1.807, 2.05) is 0 Å². The van der Waals surface area contributed by atoms with Gasteiger partial charge in [-0.15, -0.1) is 6.58 Å². The SMILES string of the molecule is C=CCN(CCOC)C(=O)N(CC(=O)O)CC(=O)O. The van der Waals surface area contributed by atoms with E-state index in [1.54, 1.807) is 0 Å². The number of carboxylic acids is 2. The molecule has 0 radical (unpaired) electrons. The monoisotopic (exact) mass is 274 g/mol. The van der Waals surface area contributed by atoms with Crippen LogP contribution in [-0.2, 0) is 14.3 Å². The molecule has 0 bridgehead atoms. The Kier molecular flexibility index (Phi) is 7.94. The van der Waals surface area contributed by atoms with Gasteiger partial charge in [-0.25, -0.2) is 4.79 Å². The van der Waals surface area contributed by atoms with E-state index < -0.39 is 31.1 Å². The van der Waals surface area contributed by atoms with E-state index in [0.29, 0.717) is 0 Å². The average Bonchev–Trinajstić information content (AvgIpc) is 2.31. The summed E-state index contributed by atoms with van der Waals surface area (Å²) in [7, 11) is 1.46. The third-order valence-corrected chi connectivity index (χ3v) is 2.11. The number of ether oxygens (including phenoxy) is 1. The van der Waals surface area contributed by atoms with Gasteiger partial charge in [-0.05, 0) is 0 Å². The highest BCUT2D eigenvalue weighted by Crippen LogP contribution is 2.00. The summed E-state index contributed by atoms with van der Waals surface area (Å²) in [5.74, 6) is -2.56. The zero-order chi connectivity index (χ0) is 14.8. The Labute approximate surface area is 110 Å². The zero-order valence-electron chi connectivity index (χ0n) is 10.7. The number of aliphatic carboxylic acids is 2. The molecule has 0 aliphatic carbocycles. The van der Waals surface area contributed by atoms with Gasteiger partial charge in [0, 0.05) is 20.2 Å². The van der Waals surface area contributed by atoms with E-state index in [2.05, 4.69) is 6.58 Å². The zero-order valence-corrected chi connectivity index (χ0v) is 10.7. The largest absolute Gasteiger partial charge is 0.480 e. The molecule has 0 rings (SSSR count). The average molecular weight is 274 g/mol. The van der Waals surface area contributed by atoms with E-state index in [9.17, 15) is 14.4 Å². The first-order chi connectivity index (χ1) is 8.92. The van der Waals surface area contributed by atoms with Crippen molar-refractivity contribution in [2.45, 2.75) is 0 Å². The molecule has 0 unspecified atom stereocenters. The van der Waals surface area contributed by atoms with Crippen molar-refractivity contribution in [2.75, 3.05) is 39.9 Å². The van der Waals surface area contributed by atoms with Crippen LogP contribution in [0.15, 0.2) is 12.7 Å². The van der Waals surface area contributed by atoms with E-state index >= 15 is 0 Å². The third-order valence-electron chi connectivity index (χ3n) is 2.11. The maximum absolute atomic E-state index is 12.0. The Balaban J connectivity index is 4.82. The number of urea groups is 1. The molecule has 0 aliphatic rings. The van der Waals surface area contributed by atoms with Gasteiger partial charge in [-0.3, -0.25) is 9.59 Å². The lowest BCUT2D eigenvalue weighted by atomic mass is 10.4. The fourth-order valence-electron chi connectivity index (χ4n) is 1.34. The van der Waals surface area contributed by atoms with Crippen molar-refractivity contribution in [3.05, 3.63) is 12.7 Å². The number of nitrogens with zero attached hydrogens (tertiary/aromatic N) is 2. The second-order valence-corrected chi connectivity index (χ2v) is 3.65.